The first-order valence-electron chi connectivity index (χ1n) is 9.26. The first-order chi connectivity index (χ1) is 14.3. The van der Waals surface area contributed by atoms with E-state index in [0.717, 1.165) is 11.3 Å². The zero-order chi connectivity index (χ0) is 19.9. The van der Waals surface area contributed by atoms with E-state index in [2.05, 4.69) is 30.9 Å². The number of anilines is 1. The van der Waals surface area contributed by atoms with Crippen LogP contribution in [0.25, 0.3) is 11.4 Å². The van der Waals surface area contributed by atoms with Crippen LogP contribution in [0.2, 0.25) is 0 Å². The van der Waals surface area contributed by atoms with E-state index in [0.29, 0.717) is 36.9 Å². The smallest absolute Gasteiger partial charge is 0.232 e. The van der Waals surface area contributed by atoms with E-state index in [1.165, 1.54) is 0 Å². The number of tetrazole rings is 1. The summed E-state index contributed by atoms with van der Waals surface area (Å²) in [6.07, 6.45) is 1.33. The molecule has 2 heterocycles. The zero-order valence-corrected chi connectivity index (χ0v) is 15.6. The molecule has 4 aromatic rings. The second kappa shape index (κ2) is 8.87. The van der Waals surface area contributed by atoms with Crippen molar-refractivity contribution in [3.63, 3.8) is 0 Å². The maximum Gasteiger partial charge on any atom is 0.232 e. The fourth-order valence-electron chi connectivity index (χ4n) is 2.75. The molecule has 4 rings (SSSR count). The van der Waals surface area contributed by atoms with Crippen molar-refractivity contribution < 1.29 is 9.32 Å². The van der Waals surface area contributed by atoms with Gasteiger partial charge in [-0.3, -0.25) is 4.79 Å². The Hall–Kier alpha value is -3.88. The summed E-state index contributed by atoms with van der Waals surface area (Å²) in [5.41, 5.74) is 1.66. The molecule has 0 radical (unpaired) electrons. The van der Waals surface area contributed by atoms with E-state index in [1.807, 2.05) is 60.7 Å². The van der Waals surface area contributed by atoms with Gasteiger partial charge in [-0.2, -0.15) is 9.78 Å². The number of rotatable bonds is 8. The molecule has 29 heavy (non-hydrogen) atoms. The Morgan fingerprint density at radius 3 is 2.59 bits per heavy atom. The minimum Gasteiger partial charge on any atom is -0.339 e. The second-order valence-electron chi connectivity index (χ2n) is 6.37. The van der Waals surface area contributed by atoms with E-state index in [9.17, 15) is 4.79 Å². The maximum absolute atomic E-state index is 12.0. The molecule has 9 nitrogen and oxygen atoms in total. The van der Waals surface area contributed by atoms with Crippen LogP contribution in [0.4, 0.5) is 5.69 Å². The van der Waals surface area contributed by atoms with Gasteiger partial charge in [0.05, 0.1) is 13.0 Å². The van der Waals surface area contributed by atoms with Gasteiger partial charge in [-0.15, -0.1) is 10.2 Å². The standard InChI is InChI=1S/C20H19N7O2/c28-18(21-16-10-5-2-6-11-16)14-17-22-19(29-25-17)12-7-13-27-24-20(23-26-27)15-8-3-1-4-9-15/h1-6,8-11H,7,12-14H2,(H,21,28). The highest BCUT2D eigenvalue weighted by molar-refractivity contribution is 5.91. The number of hydrogen-bond acceptors (Lipinski definition) is 7. The SMILES string of the molecule is O=C(Cc1noc(CCCn2nnc(-c3ccccc3)n2)n1)Nc1ccccc1. The first kappa shape index (κ1) is 18.5. The van der Waals surface area contributed by atoms with Crippen molar-refractivity contribution in [2.75, 3.05) is 5.32 Å². The molecule has 0 saturated heterocycles. The van der Waals surface area contributed by atoms with Crippen LogP contribution in [0.1, 0.15) is 18.1 Å². The van der Waals surface area contributed by atoms with E-state index in [-0.39, 0.29) is 12.3 Å². The lowest BCUT2D eigenvalue weighted by atomic mass is 10.2. The lowest BCUT2D eigenvalue weighted by molar-refractivity contribution is -0.115. The molecule has 0 fully saturated rings. The van der Waals surface area contributed by atoms with E-state index < -0.39 is 0 Å². The van der Waals surface area contributed by atoms with Crippen molar-refractivity contribution in [2.45, 2.75) is 25.8 Å². The number of carbonyl (C=O) groups is 1. The molecule has 2 aromatic carbocycles. The quantitative estimate of drug-likeness (QED) is 0.493. The number of hydrogen-bond donors (Lipinski definition) is 1. The Bertz CT molecular complexity index is 1060. The Morgan fingerprint density at radius 1 is 1.03 bits per heavy atom. The van der Waals surface area contributed by atoms with E-state index in [1.54, 1.807) is 4.80 Å². The number of aromatic nitrogens is 6. The van der Waals surface area contributed by atoms with Crippen LogP contribution in [0.5, 0.6) is 0 Å². The molecule has 0 atom stereocenters. The van der Waals surface area contributed by atoms with E-state index >= 15 is 0 Å². The average Bonchev–Trinajstić information content (AvgIpc) is 3.39. The minimum atomic E-state index is -0.191. The minimum absolute atomic E-state index is 0.0590. The third kappa shape index (κ3) is 5.10. The van der Waals surface area contributed by atoms with Gasteiger partial charge in [0.15, 0.2) is 5.82 Å². The highest BCUT2D eigenvalue weighted by Crippen LogP contribution is 2.12. The van der Waals surface area contributed by atoms with Crippen molar-refractivity contribution in [1.29, 1.82) is 0 Å². The summed E-state index contributed by atoms with van der Waals surface area (Å²) in [4.78, 5) is 17.9. The Balaban J connectivity index is 1.25. The molecule has 0 aliphatic rings. The molecule has 0 unspecified atom stereocenters. The largest absolute Gasteiger partial charge is 0.339 e. The molecule has 9 heteroatoms. The molecular formula is C20H19N7O2. The highest BCUT2D eigenvalue weighted by Gasteiger charge is 2.12. The van der Waals surface area contributed by atoms with Crippen LogP contribution in [0.15, 0.2) is 65.2 Å². The molecule has 0 aliphatic heterocycles. The summed E-state index contributed by atoms with van der Waals surface area (Å²) in [5.74, 6) is 1.24. The average molecular weight is 389 g/mol. The highest BCUT2D eigenvalue weighted by atomic mass is 16.5. The van der Waals surface area contributed by atoms with Crippen molar-refractivity contribution in [3.8, 4) is 11.4 Å². The van der Waals surface area contributed by atoms with Gasteiger partial charge in [0, 0.05) is 17.7 Å². The van der Waals surface area contributed by atoms with Crippen molar-refractivity contribution in [1.82, 2.24) is 30.3 Å². The van der Waals surface area contributed by atoms with Crippen molar-refractivity contribution in [3.05, 3.63) is 72.4 Å². The summed E-state index contributed by atoms with van der Waals surface area (Å²) < 4.78 is 5.22. The molecule has 1 N–H and O–H groups in total. The molecule has 0 saturated carbocycles. The predicted molar refractivity (Wildman–Crippen MR) is 105 cm³/mol. The summed E-state index contributed by atoms with van der Waals surface area (Å²) >= 11 is 0. The number of para-hydroxylation sites is 1. The van der Waals surface area contributed by atoms with Crippen LogP contribution in [0, 0.1) is 0 Å². The van der Waals surface area contributed by atoms with Crippen LogP contribution >= 0.6 is 0 Å². The number of nitrogens with one attached hydrogen (secondary N) is 1. The monoisotopic (exact) mass is 389 g/mol. The molecule has 146 valence electrons. The Labute approximate surface area is 166 Å². The summed E-state index contributed by atoms with van der Waals surface area (Å²) in [6, 6.07) is 18.9. The number of carbonyl (C=O) groups excluding carboxylic acids is 1. The fraction of sp³-hybridized carbons (Fsp3) is 0.200. The van der Waals surface area contributed by atoms with Crippen LogP contribution < -0.4 is 5.32 Å². The summed E-state index contributed by atoms with van der Waals surface area (Å²) in [7, 11) is 0. The van der Waals surface area contributed by atoms with Gasteiger partial charge < -0.3 is 9.84 Å². The van der Waals surface area contributed by atoms with Gasteiger partial charge in [0.25, 0.3) is 0 Å². The van der Waals surface area contributed by atoms with Gasteiger partial charge in [-0.25, -0.2) is 0 Å². The molecule has 0 bridgehead atoms. The zero-order valence-electron chi connectivity index (χ0n) is 15.6. The molecular weight excluding hydrogens is 370 g/mol. The molecule has 0 spiro atoms. The van der Waals surface area contributed by atoms with Crippen LogP contribution in [-0.4, -0.2) is 36.3 Å². The molecule has 2 aromatic heterocycles. The summed E-state index contributed by atoms with van der Waals surface area (Å²) in [6.45, 7) is 0.575. The maximum atomic E-state index is 12.0. The van der Waals surface area contributed by atoms with Gasteiger partial charge >= 0.3 is 0 Å². The van der Waals surface area contributed by atoms with Gasteiger partial charge in [0.1, 0.15) is 0 Å². The third-order valence-corrected chi connectivity index (χ3v) is 4.12. The third-order valence-electron chi connectivity index (χ3n) is 4.12. The number of nitrogens with zero attached hydrogens (tertiary/aromatic N) is 6. The van der Waals surface area contributed by atoms with Gasteiger partial charge in [0.2, 0.25) is 17.6 Å². The second-order valence-corrected chi connectivity index (χ2v) is 6.37. The predicted octanol–water partition coefficient (Wildman–Crippen LogP) is 2.54. The summed E-state index contributed by atoms with van der Waals surface area (Å²) in [5, 5.41) is 19.2. The number of aryl methyl sites for hydroxylation is 2. The van der Waals surface area contributed by atoms with Gasteiger partial charge in [-0.05, 0) is 23.8 Å². The fourth-order valence-corrected chi connectivity index (χ4v) is 2.75. The topological polar surface area (TPSA) is 112 Å². The van der Waals surface area contributed by atoms with Crippen LogP contribution in [0.3, 0.4) is 0 Å². The lowest BCUT2D eigenvalue weighted by Gasteiger charge is -2.01. The molecule has 0 aliphatic carbocycles. The van der Waals surface area contributed by atoms with Crippen LogP contribution in [-0.2, 0) is 24.2 Å². The van der Waals surface area contributed by atoms with Crippen molar-refractivity contribution in [2.24, 2.45) is 0 Å². The normalized spacial score (nSPS) is 10.8. The number of benzene rings is 2. The number of amides is 1. The first-order valence-corrected chi connectivity index (χ1v) is 9.26. The molecule has 1 amide bonds. The Kier molecular flexibility index (Phi) is 5.65. The van der Waals surface area contributed by atoms with Crippen molar-refractivity contribution >= 4 is 11.6 Å². The lowest BCUT2D eigenvalue weighted by Crippen LogP contribution is -2.15. The van der Waals surface area contributed by atoms with Gasteiger partial charge in [-0.1, -0.05) is 53.7 Å². The van der Waals surface area contributed by atoms with E-state index in [4.69, 9.17) is 4.52 Å². The Morgan fingerprint density at radius 2 is 1.79 bits per heavy atom.